The summed E-state index contributed by atoms with van der Waals surface area (Å²) in [7, 11) is 3.25. The van der Waals surface area contributed by atoms with E-state index in [-0.39, 0.29) is 19.3 Å². The van der Waals surface area contributed by atoms with Crippen molar-refractivity contribution in [3.63, 3.8) is 0 Å². The summed E-state index contributed by atoms with van der Waals surface area (Å²) in [6, 6.07) is 28.0. The minimum Gasteiger partial charge on any atom is -0.388 e. The van der Waals surface area contributed by atoms with E-state index in [1.165, 1.54) is 27.8 Å². The molecule has 0 aromatic heterocycles. The molecule has 236 valence electrons. The van der Waals surface area contributed by atoms with Crippen LogP contribution in [0.2, 0.25) is 0 Å². The summed E-state index contributed by atoms with van der Waals surface area (Å²) in [5, 5.41) is 0. The van der Waals surface area contributed by atoms with Crippen molar-refractivity contribution in [2.24, 2.45) is 5.41 Å². The third-order valence-electron chi connectivity index (χ3n) is 6.55. The maximum atomic E-state index is 11.6. The number of hydrogen-bond acceptors (Lipinski definition) is 2. The van der Waals surface area contributed by atoms with Gasteiger partial charge in [0.1, 0.15) is 0 Å². The summed E-state index contributed by atoms with van der Waals surface area (Å²) < 4.78 is 73.9. The van der Waals surface area contributed by atoms with Gasteiger partial charge in [-0.3, -0.25) is 0 Å². The van der Waals surface area contributed by atoms with E-state index >= 15 is 0 Å². The van der Waals surface area contributed by atoms with E-state index < -0.39 is 17.8 Å². The van der Waals surface area contributed by atoms with Crippen molar-refractivity contribution >= 4 is 11.8 Å². The average Bonchev–Trinajstić information content (AvgIpc) is 3.12. The van der Waals surface area contributed by atoms with Crippen LogP contribution in [0.1, 0.15) is 65.2 Å². The van der Waals surface area contributed by atoms with Crippen molar-refractivity contribution in [1.82, 2.24) is 0 Å². The molecule has 0 radical (unpaired) electrons. The molecular weight excluding hydrogens is 570 g/mol. The first-order valence-electron chi connectivity index (χ1n) is 13.3. The monoisotopic (exact) mass is 616 g/mol. The number of halogens is 6. The van der Waals surface area contributed by atoms with Crippen LogP contribution in [0.15, 0.2) is 78.9 Å². The van der Waals surface area contributed by atoms with Crippen LogP contribution in [-0.4, -0.2) is 39.1 Å². The maximum absolute atomic E-state index is 11.6. The lowest BCUT2D eigenvalue weighted by Gasteiger charge is -2.29. The quantitative estimate of drug-likeness (QED) is 0.232. The van der Waals surface area contributed by atoms with Crippen molar-refractivity contribution in [3.05, 3.63) is 95.6 Å². The van der Waals surface area contributed by atoms with Gasteiger partial charge in [-0.15, -0.1) is 0 Å². The summed E-state index contributed by atoms with van der Waals surface area (Å²) in [6.07, 6.45) is -6.41. The highest BCUT2D eigenvalue weighted by Gasteiger charge is 2.64. The van der Waals surface area contributed by atoms with Crippen molar-refractivity contribution in [1.29, 1.82) is 0 Å². The highest BCUT2D eigenvalue weighted by Crippen LogP contribution is 2.49. The summed E-state index contributed by atoms with van der Waals surface area (Å²) in [4.78, 5) is 0. The van der Waals surface area contributed by atoms with Gasteiger partial charge in [-0.05, 0) is 59.6 Å². The molecule has 0 bridgehead atoms. The molecule has 1 nitrogen and oxygen atoms in total. The number of rotatable bonds is 0. The van der Waals surface area contributed by atoms with E-state index in [0.717, 1.165) is 0 Å². The lowest BCUT2D eigenvalue weighted by molar-refractivity contribution is -0.327. The van der Waals surface area contributed by atoms with Gasteiger partial charge in [0.15, 0.2) is 5.41 Å². The number of thioether (sulfide) groups is 1. The Balaban J connectivity index is 0.000000561. The Hall–Kier alpha value is -2.45. The Labute approximate surface area is 253 Å². The molecule has 3 aromatic rings. The van der Waals surface area contributed by atoms with E-state index in [1.54, 1.807) is 26.0 Å². The summed E-state index contributed by atoms with van der Waals surface area (Å²) in [6.45, 7) is 11.5. The first-order chi connectivity index (χ1) is 19.1. The largest absolute Gasteiger partial charge is 0.402 e. The molecule has 0 fully saturated rings. The van der Waals surface area contributed by atoms with Gasteiger partial charge in [-0.1, -0.05) is 113 Å². The van der Waals surface area contributed by atoms with Crippen LogP contribution < -0.4 is 0 Å². The molecule has 0 unspecified atom stereocenters. The lowest BCUT2D eigenvalue weighted by Crippen LogP contribution is -2.44. The van der Waals surface area contributed by atoms with Crippen LogP contribution in [0, 0.1) is 5.41 Å². The molecule has 42 heavy (non-hydrogen) atoms. The molecule has 0 aliphatic heterocycles. The molecule has 1 aliphatic rings. The zero-order chi connectivity index (χ0) is 33.0. The van der Waals surface area contributed by atoms with Crippen molar-refractivity contribution in [2.75, 3.05) is 26.7 Å². The van der Waals surface area contributed by atoms with Crippen LogP contribution in [0.3, 0.4) is 0 Å². The van der Waals surface area contributed by atoms with Crippen LogP contribution in [0.25, 0.3) is 11.1 Å². The molecule has 3 aromatic carbocycles. The molecule has 0 N–H and O–H groups in total. The summed E-state index contributed by atoms with van der Waals surface area (Å²) >= 11 is 1.75. The first-order valence-corrected chi connectivity index (χ1v) is 15.0. The third-order valence-corrected chi connectivity index (χ3v) is 6.55. The minimum atomic E-state index is -5.24. The Morgan fingerprint density at radius 3 is 1.10 bits per heavy atom. The lowest BCUT2D eigenvalue weighted by atomic mass is 9.82. The number of methoxy groups -OCH3 is 1. The van der Waals surface area contributed by atoms with Crippen molar-refractivity contribution in [2.45, 2.75) is 71.6 Å². The Morgan fingerprint density at radius 1 is 0.571 bits per heavy atom. The number of alkyl halides is 6. The fourth-order valence-corrected chi connectivity index (χ4v) is 3.77. The van der Waals surface area contributed by atoms with Gasteiger partial charge in [0.25, 0.3) is 0 Å². The number of hydrogen-bond donors (Lipinski definition) is 0. The van der Waals surface area contributed by atoms with E-state index in [2.05, 4.69) is 118 Å². The molecule has 0 spiro atoms. The Bertz CT molecular complexity index is 1110. The van der Waals surface area contributed by atoms with Crippen molar-refractivity contribution in [3.8, 4) is 11.1 Å². The number of benzene rings is 3. The molecule has 1 aliphatic carbocycles. The van der Waals surface area contributed by atoms with Crippen LogP contribution in [-0.2, 0) is 15.6 Å². The fraction of sp³-hybridized carbons (Fsp3) is 0.471. The zero-order valence-electron chi connectivity index (χ0n) is 26.6. The van der Waals surface area contributed by atoms with Gasteiger partial charge in [0, 0.05) is 19.6 Å². The molecule has 0 amide bonds. The molecule has 8 heteroatoms. The molecule has 0 saturated heterocycles. The predicted molar refractivity (Wildman–Crippen MR) is 167 cm³/mol. The Kier molecular flexibility index (Phi) is 15.5. The summed E-state index contributed by atoms with van der Waals surface area (Å²) in [5.41, 5.74) is 3.93. The van der Waals surface area contributed by atoms with Gasteiger partial charge >= 0.3 is 12.4 Å². The molecule has 4 rings (SSSR count). The van der Waals surface area contributed by atoms with Gasteiger partial charge in [-0.25, -0.2) is 0 Å². The normalized spacial score (nSPS) is 13.3. The average molecular weight is 617 g/mol. The second-order valence-corrected chi connectivity index (χ2v) is 12.6. The minimum absolute atomic E-state index is 0.104. The van der Waals surface area contributed by atoms with E-state index in [1.807, 2.05) is 12.5 Å². The summed E-state index contributed by atoms with van der Waals surface area (Å²) in [5.74, 6) is 0. The predicted octanol–water partition coefficient (Wildman–Crippen LogP) is 11.4. The second kappa shape index (κ2) is 16.4. The van der Waals surface area contributed by atoms with Gasteiger partial charge in [-0.2, -0.15) is 38.1 Å². The maximum Gasteiger partial charge on any atom is 0.402 e. The highest BCUT2D eigenvalue weighted by molar-refractivity contribution is 7.97. The van der Waals surface area contributed by atoms with E-state index in [0.29, 0.717) is 5.41 Å². The molecular formula is C34H46F6OS. The first kappa shape index (κ1) is 39.6. The van der Waals surface area contributed by atoms with Gasteiger partial charge in [0.2, 0.25) is 0 Å². The van der Waals surface area contributed by atoms with E-state index in [4.69, 9.17) is 0 Å². The molecule has 0 atom stereocenters. The number of fused-ring (bicyclic) bond motifs is 3. The Morgan fingerprint density at radius 2 is 0.857 bits per heavy atom. The highest BCUT2D eigenvalue weighted by atomic mass is 32.2. The SMILES string of the molecule is CC(C)(C(F)(F)F)C(F)(F)F.CC(C)(C)c1ccccc1.CC1(C)c2ccccc2-c2ccccc21.COC.CSC. The van der Waals surface area contributed by atoms with Crippen LogP contribution in [0.5, 0.6) is 0 Å². The van der Waals surface area contributed by atoms with E-state index in [9.17, 15) is 26.3 Å². The topological polar surface area (TPSA) is 9.23 Å². The van der Waals surface area contributed by atoms with Gasteiger partial charge < -0.3 is 4.74 Å². The van der Waals surface area contributed by atoms with Gasteiger partial charge in [0.05, 0.1) is 0 Å². The zero-order valence-corrected chi connectivity index (χ0v) is 27.4. The van der Waals surface area contributed by atoms with Crippen LogP contribution >= 0.6 is 11.8 Å². The second-order valence-electron chi connectivity index (χ2n) is 11.8. The standard InChI is InChI=1S/C15H14.C10H14.C5H6F6.C2H6O.C2H6S/c1-15(2)13-9-5-3-7-11(13)12-8-4-6-10-14(12)15;1-10(2,3)9-7-5-4-6-8-9;1-3(2,4(6,7)8)5(9,10)11;2*1-3-2/h3-10H,1-2H3;4-8H,1-3H3;1-2H3;2*1-2H3. The smallest absolute Gasteiger partial charge is 0.388 e. The fourth-order valence-electron chi connectivity index (χ4n) is 3.77. The van der Waals surface area contributed by atoms with Crippen molar-refractivity contribution < 1.29 is 31.1 Å². The molecule has 0 heterocycles. The number of ether oxygens (including phenoxy) is 1. The third kappa shape index (κ3) is 11.0. The molecule has 0 saturated carbocycles. The van der Waals surface area contributed by atoms with Crippen LogP contribution in [0.4, 0.5) is 26.3 Å².